The number of carbonyl (C=O) groups excluding carboxylic acids is 2. The molecular weight excluding hydrogens is 704 g/mol. The summed E-state index contributed by atoms with van der Waals surface area (Å²) in [5, 5.41) is 37.9. The quantitative estimate of drug-likeness (QED) is 0.190. The third kappa shape index (κ3) is 5.19. The summed E-state index contributed by atoms with van der Waals surface area (Å²) in [6, 6.07) is 17.4. The van der Waals surface area contributed by atoms with E-state index in [1.807, 2.05) is 26.0 Å². The third-order valence-electron chi connectivity index (χ3n) is 14.8. The minimum absolute atomic E-state index is 0.0170. The van der Waals surface area contributed by atoms with Gasteiger partial charge in [0.25, 0.3) is 5.97 Å². The zero-order valence-electron chi connectivity index (χ0n) is 31.9. The SMILES string of the molecule is C=C(C)[C@]12C[C@@H](COC(=O)c3ccccc3)[C@@]34O[C@@]5(CCCCCCC[C@@H](C)[C@H]6[C@H](C)C(OC(=O)c7ccccc7)[C@@](O)([C@H](O)[C@@]7(CO)O[C@H]7[C@H]3[C@H]1O5)[C@@H]64)O2. The van der Waals surface area contributed by atoms with Crippen molar-refractivity contribution < 1.29 is 53.3 Å². The average Bonchev–Trinajstić information content (AvgIpc) is 3.83. The van der Waals surface area contributed by atoms with Crippen LogP contribution in [0.25, 0.3) is 0 Å². The molecule has 9 rings (SSSR count). The molecule has 3 saturated carbocycles. The summed E-state index contributed by atoms with van der Waals surface area (Å²) in [7, 11) is 0. The topological polar surface area (TPSA) is 154 Å². The molecule has 11 nitrogen and oxygen atoms in total. The van der Waals surface area contributed by atoms with Crippen LogP contribution in [0.5, 0.6) is 0 Å². The summed E-state index contributed by atoms with van der Waals surface area (Å²) in [6.45, 7) is 9.79. The first-order valence-corrected chi connectivity index (χ1v) is 20.3. The van der Waals surface area contributed by atoms with Gasteiger partial charge in [0, 0.05) is 24.2 Å². The number of fused-ring (bicyclic) bond motifs is 1. The Morgan fingerprint density at radius 3 is 2.22 bits per heavy atom. The van der Waals surface area contributed by atoms with Gasteiger partial charge in [-0.3, -0.25) is 0 Å². The molecule has 4 heterocycles. The average molecular weight is 759 g/mol. The van der Waals surface area contributed by atoms with Gasteiger partial charge in [-0.2, -0.15) is 0 Å². The number of aliphatic hydroxyl groups excluding tert-OH is 2. The van der Waals surface area contributed by atoms with Gasteiger partial charge in [-0.1, -0.05) is 88.9 Å². The summed E-state index contributed by atoms with van der Waals surface area (Å²) in [5.41, 5.74) is -4.87. The number of ether oxygens (including phenoxy) is 6. The predicted octanol–water partition coefficient (Wildman–Crippen LogP) is 5.36. The molecule has 11 heteroatoms. The number of benzene rings is 2. The highest BCUT2D eigenvalue weighted by Gasteiger charge is 2.90. The molecule has 55 heavy (non-hydrogen) atoms. The number of epoxide rings is 1. The van der Waals surface area contributed by atoms with Gasteiger partial charge >= 0.3 is 11.9 Å². The smallest absolute Gasteiger partial charge is 0.338 e. The second-order valence-corrected chi connectivity index (χ2v) is 17.7. The summed E-state index contributed by atoms with van der Waals surface area (Å²) in [4.78, 5) is 27.7. The maximum absolute atomic E-state index is 14.0. The number of aliphatic hydroxyl groups is 3. The van der Waals surface area contributed by atoms with Gasteiger partial charge in [0.05, 0.1) is 29.9 Å². The van der Waals surface area contributed by atoms with Crippen LogP contribution in [-0.4, -0.2) is 93.3 Å². The summed E-state index contributed by atoms with van der Waals surface area (Å²) >= 11 is 0. The van der Waals surface area contributed by atoms with Crippen LogP contribution in [0, 0.1) is 35.5 Å². The molecule has 3 aliphatic carbocycles. The first-order chi connectivity index (χ1) is 26.4. The first-order valence-electron chi connectivity index (χ1n) is 20.3. The number of hydrogen-bond donors (Lipinski definition) is 3. The zero-order chi connectivity index (χ0) is 38.5. The van der Waals surface area contributed by atoms with Crippen LogP contribution >= 0.6 is 0 Å². The minimum Gasteiger partial charge on any atom is -0.462 e. The molecule has 1 unspecified atom stereocenters. The first kappa shape index (κ1) is 37.4. The van der Waals surface area contributed by atoms with E-state index >= 15 is 0 Å². The predicted molar refractivity (Wildman–Crippen MR) is 197 cm³/mol. The summed E-state index contributed by atoms with van der Waals surface area (Å²) < 4.78 is 40.9. The maximum atomic E-state index is 14.0. The Hall–Kier alpha value is -3.16. The Labute approximate surface area is 322 Å². The van der Waals surface area contributed by atoms with Crippen molar-refractivity contribution in [2.75, 3.05) is 13.2 Å². The summed E-state index contributed by atoms with van der Waals surface area (Å²) in [6.07, 6.45) is 1.85. The largest absolute Gasteiger partial charge is 0.462 e. The molecular formula is C44H54O11. The van der Waals surface area contributed by atoms with Crippen molar-refractivity contribution in [3.8, 4) is 0 Å². The molecule has 2 aromatic rings. The highest BCUT2D eigenvalue weighted by molar-refractivity contribution is 5.90. The Bertz CT molecular complexity index is 1820. The van der Waals surface area contributed by atoms with Gasteiger partial charge in [-0.15, -0.1) is 0 Å². The van der Waals surface area contributed by atoms with E-state index in [2.05, 4.69) is 13.5 Å². The fourth-order valence-corrected chi connectivity index (χ4v) is 12.4. The number of esters is 2. The minimum atomic E-state index is -2.18. The second-order valence-electron chi connectivity index (χ2n) is 17.7. The van der Waals surface area contributed by atoms with Crippen molar-refractivity contribution in [3.63, 3.8) is 0 Å². The van der Waals surface area contributed by atoms with Crippen molar-refractivity contribution in [1.29, 1.82) is 0 Å². The second kappa shape index (κ2) is 13.2. The van der Waals surface area contributed by atoms with Gasteiger partial charge in [0.15, 0.2) is 0 Å². The standard InChI is InChI=1S/C44H54O11/c1-25(2)40-22-30(23-50-37(46)28-17-11-8-12-18-28)44-32-35(40)53-42(54-40,55-44)21-15-7-5-6-10-16-26(3)31-27(4)34(51-38(47)29-19-13-9-14-20-29)43(49,33(31)44)39(48)41(24-45)36(32)52-41/h8-9,11-14,17-20,26-27,30-36,39,45,48-49H,1,5-7,10,15-16,21-24H2,2-4H3/t26-,27+,30+,31+,32-,33-,34?,35-,36+,39-,40-,41+,42-,43-,44-/m1/s1. The van der Waals surface area contributed by atoms with E-state index in [-0.39, 0.29) is 18.4 Å². The fraction of sp³-hybridized carbons (Fsp3) is 0.636. The molecule has 4 aliphatic heterocycles. The van der Waals surface area contributed by atoms with Crippen molar-refractivity contribution in [2.24, 2.45) is 35.5 Å². The lowest BCUT2D eigenvalue weighted by Gasteiger charge is -2.62. The molecule has 4 saturated heterocycles. The van der Waals surface area contributed by atoms with Crippen LogP contribution in [-0.2, 0) is 28.4 Å². The van der Waals surface area contributed by atoms with Crippen LogP contribution in [0.3, 0.4) is 0 Å². The molecule has 15 atom stereocenters. The lowest BCUT2D eigenvalue weighted by atomic mass is 9.51. The number of carbonyl (C=O) groups is 2. The number of hydrogen-bond acceptors (Lipinski definition) is 11. The van der Waals surface area contributed by atoms with Crippen LogP contribution in [0.15, 0.2) is 72.8 Å². The van der Waals surface area contributed by atoms with Crippen LogP contribution in [0.1, 0.15) is 92.9 Å². The van der Waals surface area contributed by atoms with Crippen LogP contribution in [0.2, 0.25) is 0 Å². The van der Waals surface area contributed by atoms with Crippen molar-refractivity contribution in [2.45, 2.75) is 125 Å². The lowest BCUT2D eigenvalue weighted by molar-refractivity contribution is -0.439. The van der Waals surface area contributed by atoms with Gasteiger partial charge in [0.1, 0.15) is 41.2 Å². The molecule has 3 N–H and O–H groups in total. The van der Waals surface area contributed by atoms with Gasteiger partial charge in [-0.25, -0.2) is 9.59 Å². The van der Waals surface area contributed by atoms with Gasteiger partial charge in [-0.05, 0) is 67.4 Å². The number of rotatable bonds is 7. The monoisotopic (exact) mass is 758 g/mol. The Morgan fingerprint density at radius 2 is 1.55 bits per heavy atom. The van der Waals surface area contributed by atoms with Gasteiger partial charge in [0.2, 0.25) is 0 Å². The molecule has 2 spiro atoms. The van der Waals surface area contributed by atoms with E-state index in [0.29, 0.717) is 29.5 Å². The zero-order valence-corrected chi connectivity index (χ0v) is 31.9. The van der Waals surface area contributed by atoms with Crippen LogP contribution in [0.4, 0.5) is 0 Å². The molecule has 3 bridgehead atoms. The van der Waals surface area contributed by atoms with E-state index in [1.165, 1.54) is 0 Å². The summed E-state index contributed by atoms with van der Waals surface area (Å²) in [5.74, 6) is -5.73. The normalized spacial score (nSPS) is 46.6. The van der Waals surface area contributed by atoms with E-state index in [4.69, 9.17) is 28.4 Å². The maximum Gasteiger partial charge on any atom is 0.338 e. The van der Waals surface area contributed by atoms with Crippen molar-refractivity contribution in [3.05, 3.63) is 83.9 Å². The van der Waals surface area contributed by atoms with E-state index < -0.39 is 95.0 Å². The Balaban J connectivity index is 1.27. The Kier molecular flexibility index (Phi) is 8.98. The fourth-order valence-electron chi connectivity index (χ4n) is 12.4. The third-order valence-corrected chi connectivity index (χ3v) is 14.8. The molecule has 2 aromatic carbocycles. The molecule has 7 aliphatic rings. The van der Waals surface area contributed by atoms with Crippen LogP contribution < -0.4 is 0 Å². The van der Waals surface area contributed by atoms with E-state index in [0.717, 1.165) is 38.5 Å². The van der Waals surface area contributed by atoms with E-state index in [1.54, 1.807) is 48.5 Å². The molecule has 296 valence electrons. The molecule has 0 amide bonds. The highest BCUT2D eigenvalue weighted by atomic mass is 16.9. The molecule has 0 aromatic heterocycles. The molecule has 0 radical (unpaired) electrons. The van der Waals surface area contributed by atoms with Crippen molar-refractivity contribution >= 4 is 11.9 Å². The molecule has 7 fully saturated rings. The highest BCUT2D eigenvalue weighted by Crippen LogP contribution is 2.75. The Morgan fingerprint density at radius 1 is 0.891 bits per heavy atom. The van der Waals surface area contributed by atoms with Gasteiger partial charge < -0.3 is 43.7 Å². The van der Waals surface area contributed by atoms with Crippen molar-refractivity contribution in [1.82, 2.24) is 0 Å². The lowest BCUT2D eigenvalue weighted by Crippen LogP contribution is -2.74. The van der Waals surface area contributed by atoms with E-state index in [9.17, 15) is 24.9 Å².